The number of morpholine rings is 1. The summed E-state index contributed by atoms with van der Waals surface area (Å²) < 4.78 is 38.2. The Morgan fingerprint density at radius 2 is 1.82 bits per heavy atom. The average Bonchev–Trinajstić information content (AvgIpc) is 2.69. The topological polar surface area (TPSA) is 93.2 Å². The van der Waals surface area contributed by atoms with Gasteiger partial charge in [-0.2, -0.15) is 0 Å². The Balaban J connectivity index is 2.22. The molecule has 2 aliphatic heterocycles. The number of benzene rings is 1. The van der Waals surface area contributed by atoms with Gasteiger partial charge in [-0.1, -0.05) is 26.0 Å². The zero-order valence-electron chi connectivity index (χ0n) is 16.2. The van der Waals surface area contributed by atoms with Gasteiger partial charge in [0.05, 0.1) is 24.0 Å². The highest BCUT2D eigenvalue weighted by molar-refractivity contribution is 7.89. The number of carbonyl (C=O) groups is 2. The van der Waals surface area contributed by atoms with Crippen LogP contribution in [0.15, 0.2) is 34.9 Å². The molecule has 8 nitrogen and oxygen atoms in total. The highest BCUT2D eigenvalue weighted by Crippen LogP contribution is 2.38. The first kappa shape index (κ1) is 20.3. The largest absolute Gasteiger partial charge is 0.423 e. The minimum Gasteiger partial charge on any atom is -0.423 e. The first-order chi connectivity index (χ1) is 13.3. The van der Waals surface area contributed by atoms with Crippen LogP contribution in [-0.2, 0) is 29.1 Å². The molecule has 0 spiro atoms. The number of nitrogens with zero attached hydrogens (tertiary/aromatic N) is 2. The zero-order chi connectivity index (χ0) is 20.5. The van der Waals surface area contributed by atoms with Crippen molar-refractivity contribution >= 4 is 27.7 Å². The molecule has 0 atom stereocenters. The number of esters is 1. The van der Waals surface area contributed by atoms with E-state index in [0.717, 1.165) is 4.31 Å². The first-order valence-electron chi connectivity index (χ1n) is 9.24. The monoisotopic (exact) mass is 408 g/mol. The summed E-state index contributed by atoms with van der Waals surface area (Å²) in [6.45, 7) is 6.45. The summed E-state index contributed by atoms with van der Waals surface area (Å²) in [4.78, 5) is 27.2. The number of amides is 1. The quantitative estimate of drug-likeness (QED) is 0.700. The lowest BCUT2D eigenvalue weighted by Gasteiger charge is -2.35. The van der Waals surface area contributed by atoms with Crippen molar-refractivity contribution in [2.24, 2.45) is 5.92 Å². The molecule has 0 saturated carbocycles. The number of fused-ring (bicyclic) bond motifs is 1. The van der Waals surface area contributed by atoms with Gasteiger partial charge in [-0.05, 0) is 19.1 Å². The molecule has 0 aromatic heterocycles. The number of ether oxygens (including phenoxy) is 2. The maximum atomic E-state index is 13.3. The van der Waals surface area contributed by atoms with Gasteiger partial charge >= 0.3 is 5.97 Å². The molecule has 1 amide bonds. The second-order valence-corrected chi connectivity index (χ2v) is 8.65. The number of carbonyl (C=O) groups excluding carboxylic acids is 2. The molecule has 1 saturated heterocycles. The Hall–Kier alpha value is -2.39. The summed E-state index contributed by atoms with van der Waals surface area (Å²) in [5, 5.41) is 0. The van der Waals surface area contributed by atoms with E-state index in [2.05, 4.69) is 0 Å². The smallest absolute Gasteiger partial charge is 0.313 e. The molecule has 0 bridgehead atoms. The van der Waals surface area contributed by atoms with Crippen LogP contribution in [0.25, 0.3) is 5.76 Å². The molecule has 9 heteroatoms. The molecular formula is C19H24N2O6S. The maximum Gasteiger partial charge on any atom is 0.313 e. The van der Waals surface area contributed by atoms with Gasteiger partial charge < -0.3 is 14.4 Å². The summed E-state index contributed by atoms with van der Waals surface area (Å²) in [6, 6.07) is 6.25. The van der Waals surface area contributed by atoms with Crippen LogP contribution < -0.4 is 0 Å². The fourth-order valence-corrected chi connectivity index (χ4v) is 4.80. The van der Waals surface area contributed by atoms with Crippen LogP contribution in [-0.4, -0.2) is 62.3 Å². The van der Waals surface area contributed by atoms with Crippen LogP contribution in [0.2, 0.25) is 0 Å². The predicted molar refractivity (Wildman–Crippen MR) is 101 cm³/mol. The van der Waals surface area contributed by atoms with Crippen molar-refractivity contribution < 1.29 is 27.5 Å². The minimum absolute atomic E-state index is 0.0116. The Morgan fingerprint density at radius 3 is 2.43 bits per heavy atom. The highest BCUT2D eigenvalue weighted by atomic mass is 32.2. The Bertz CT molecular complexity index is 916. The van der Waals surface area contributed by atoms with Gasteiger partial charge in [0.1, 0.15) is 0 Å². The van der Waals surface area contributed by atoms with E-state index in [1.165, 1.54) is 11.0 Å². The third-order valence-corrected chi connectivity index (χ3v) is 6.56. The fourth-order valence-electron chi connectivity index (χ4n) is 3.13. The number of rotatable bonds is 4. The van der Waals surface area contributed by atoms with Crippen molar-refractivity contribution in [3.05, 3.63) is 35.5 Å². The summed E-state index contributed by atoms with van der Waals surface area (Å²) >= 11 is 0. The van der Waals surface area contributed by atoms with E-state index in [-0.39, 0.29) is 28.5 Å². The van der Waals surface area contributed by atoms with Gasteiger partial charge in [-0.25, -0.2) is 8.42 Å². The second kappa shape index (κ2) is 7.92. The molecule has 28 heavy (non-hydrogen) atoms. The zero-order valence-corrected chi connectivity index (χ0v) is 17.0. The Labute approximate surface area is 164 Å². The van der Waals surface area contributed by atoms with E-state index in [1.807, 2.05) is 0 Å². The van der Waals surface area contributed by atoms with Gasteiger partial charge in [-0.15, -0.1) is 0 Å². The molecule has 2 aliphatic rings. The van der Waals surface area contributed by atoms with Crippen LogP contribution in [0.4, 0.5) is 0 Å². The Morgan fingerprint density at radius 1 is 1.18 bits per heavy atom. The van der Waals surface area contributed by atoms with E-state index in [4.69, 9.17) is 9.47 Å². The Kier molecular flexibility index (Phi) is 5.76. The van der Waals surface area contributed by atoms with Crippen LogP contribution in [0.3, 0.4) is 0 Å². The molecular weight excluding hydrogens is 384 g/mol. The molecule has 1 fully saturated rings. The van der Waals surface area contributed by atoms with Gasteiger partial charge in [0.15, 0.2) is 11.5 Å². The molecule has 3 rings (SSSR count). The summed E-state index contributed by atoms with van der Waals surface area (Å²) in [5.41, 5.74) is 0.0925. The molecule has 0 aliphatic carbocycles. The number of hydrogen-bond donors (Lipinski definition) is 0. The lowest BCUT2D eigenvalue weighted by molar-refractivity contribution is -0.140. The summed E-state index contributed by atoms with van der Waals surface area (Å²) in [7, 11) is -3.95. The number of hydrogen-bond acceptors (Lipinski definition) is 6. The first-order valence-corrected chi connectivity index (χ1v) is 10.7. The molecule has 2 heterocycles. The van der Waals surface area contributed by atoms with E-state index in [0.29, 0.717) is 26.3 Å². The van der Waals surface area contributed by atoms with Gasteiger partial charge in [0, 0.05) is 25.2 Å². The van der Waals surface area contributed by atoms with Crippen molar-refractivity contribution in [1.29, 1.82) is 0 Å². The van der Waals surface area contributed by atoms with Crippen molar-refractivity contribution in [3.8, 4) is 0 Å². The van der Waals surface area contributed by atoms with Crippen LogP contribution in [0.1, 0.15) is 26.3 Å². The van der Waals surface area contributed by atoms with Gasteiger partial charge in [-0.3, -0.25) is 13.9 Å². The molecule has 0 radical (unpaired) electrons. The van der Waals surface area contributed by atoms with Crippen LogP contribution >= 0.6 is 0 Å². The lowest BCUT2D eigenvalue weighted by Crippen LogP contribution is -2.47. The van der Waals surface area contributed by atoms with Gasteiger partial charge in [0.25, 0.3) is 15.9 Å². The fraction of sp³-hybridized carbons (Fsp3) is 0.474. The van der Waals surface area contributed by atoms with E-state index in [9.17, 15) is 18.0 Å². The average molecular weight is 408 g/mol. The van der Waals surface area contributed by atoms with Gasteiger partial charge in [0.2, 0.25) is 0 Å². The van der Waals surface area contributed by atoms with Crippen LogP contribution in [0, 0.1) is 5.92 Å². The standard InChI is InChI=1S/C19H24N2O6S/c1-4-21-16(18(22)20-9-11-26-12-10-20)17(27-19(23)13(2)3)14-7-5-6-8-15(14)28(21,24)25/h5-8,13H,4,9-12H2,1-3H3. The SMILES string of the molecule is CCN1C(C(=O)N2CCOCC2)=C(OC(=O)C(C)C)c2ccccc2S1(=O)=O. The molecule has 1 aromatic rings. The molecule has 0 N–H and O–H groups in total. The number of sulfonamides is 1. The summed E-state index contributed by atoms with van der Waals surface area (Å²) in [6.07, 6.45) is 0. The minimum atomic E-state index is -3.95. The van der Waals surface area contributed by atoms with Crippen molar-refractivity contribution in [3.63, 3.8) is 0 Å². The number of likely N-dealkylation sites (N-methyl/N-ethyl adjacent to an activating group) is 1. The van der Waals surface area contributed by atoms with Crippen molar-refractivity contribution in [2.75, 3.05) is 32.8 Å². The van der Waals surface area contributed by atoms with Crippen molar-refractivity contribution in [1.82, 2.24) is 9.21 Å². The maximum absolute atomic E-state index is 13.3. The predicted octanol–water partition coefficient (Wildman–Crippen LogP) is 1.44. The molecule has 0 unspecified atom stereocenters. The van der Waals surface area contributed by atoms with E-state index < -0.39 is 27.8 Å². The summed E-state index contributed by atoms with van der Waals surface area (Å²) in [5.74, 6) is -1.47. The third-order valence-electron chi connectivity index (χ3n) is 4.63. The van der Waals surface area contributed by atoms with Crippen molar-refractivity contribution in [2.45, 2.75) is 25.7 Å². The third kappa shape index (κ3) is 3.51. The molecule has 1 aromatic carbocycles. The van der Waals surface area contributed by atoms with E-state index >= 15 is 0 Å². The second-order valence-electron chi connectivity index (χ2n) is 6.82. The van der Waals surface area contributed by atoms with Crippen LogP contribution in [0.5, 0.6) is 0 Å². The van der Waals surface area contributed by atoms with E-state index in [1.54, 1.807) is 39.0 Å². The molecule has 152 valence electrons. The highest BCUT2D eigenvalue weighted by Gasteiger charge is 2.42. The lowest BCUT2D eigenvalue weighted by atomic mass is 10.1. The normalized spacial score (nSPS) is 18.9.